The first-order valence-electron chi connectivity index (χ1n) is 2.85. The second kappa shape index (κ2) is 3.50. The van der Waals surface area contributed by atoms with Gasteiger partial charge in [-0.3, -0.25) is 4.39 Å². The van der Waals surface area contributed by atoms with Crippen molar-refractivity contribution in [1.29, 1.82) is 0 Å². The van der Waals surface area contributed by atoms with Gasteiger partial charge in [-0.1, -0.05) is 0 Å². The summed E-state index contributed by atoms with van der Waals surface area (Å²) in [5, 5.41) is 1.96. The lowest BCUT2D eigenvalue weighted by atomic mass is 10.5. The topological polar surface area (TPSA) is 17.0 Å². The second-order valence-electron chi connectivity index (χ2n) is 1.67. The number of rotatable bonds is 4. The van der Waals surface area contributed by atoms with Crippen molar-refractivity contribution in [2.45, 2.75) is 6.42 Å². The third-order valence-corrected chi connectivity index (χ3v) is 1.67. The molecule has 4 heteroatoms. The molecule has 2 nitrogen and oxygen atoms in total. The fourth-order valence-electron chi connectivity index (χ4n) is 0.468. The third-order valence-electron chi connectivity index (χ3n) is 0.949. The van der Waals surface area contributed by atoms with Crippen LogP contribution in [-0.2, 0) is 0 Å². The van der Waals surface area contributed by atoms with Crippen LogP contribution in [0.3, 0.4) is 0 Å². The molecule has 0 aliphatic rings. The number of nitrogens with zero attached hydrogens (tertiary/aromatic N) is 1. The zero-order valence-corrected chi connectivity index (χ0v) is 5.83. The molecular weight excluding hydrogens is 139 g/mol. The molecule has 1 aromatic rings. The molecule has 52 valence electrons. The Bertz CT molecular complexity index is 140. The van der Waals surface area contributed by atoms with E-state index < -0.39 is 0 Å². The van der Waals surface area contributed by atoms with Crippen molar-refractivity contribution >= 4 is 11.5 Å². The van der Waals surface area contributed by atoms with Gasteiger partial charge in [-0.25, -0.2) is 4.07 Å². The average Bonchev–Trinajstić information content (AvgIpc) is 1.76. The molecule has 1 heterocycles. The lowest BCUT2D eigenvalue weighted by Gasteiger charge is -2.08. The normalized spacial score (nSPS) is 9.89. The van der Waals surface area contributed by atoms with Crippen LogP contribution in [0.1, 0.15) is 6.42 Å². The van der Waals surface area contributed by atoms with Gasteiger partial charge in [-0.15, -0.1) is 0 Å². The van der Waals surface area contributed by atoms with Crippen LogP contribution in [0.5, 0.6) is 0 Å². The highest BCUT2D eigenvalue weighted by Gasteiger charge is 1.87. The molecule has 0 amide bonds. The van der Waals surface area contributed by atoms with E-state index in [1.807, 2.05) is 15.6 Å². The van der Waals surface area contributed by atoms with Crippen molar-refractivity contribution in [3.05, 3.63) is 11.6 Å². The maximum Gasteiger partial charge on any atom is 0.0911 e. The predicted octanol–water partition coefficient (Wildman–Crippen LogP) is 1.45. The quantitative estimate of drug-likeness (QED) is 0.639. The Balaban J connectivity index is 1.98. The van der Waals surface area contributed by atoms with Gasteiger partial charge in [0.15, 0.2) is 0 Å². The lowest BCUT2D eigenvalue weighted by Crippen LogP contribution is -2.15. The zero-order chi connectivity index (χ0) is 6.53. The third kappa shape index (κ3) is 2.05. The van der Waals surface area contributed by atoms with Crippen molar-refractivity contribution < 1.29 is 4.39 Å². The van der Waals surface area contributed by atoms with E-state index in [1.165, 1.54) is 0 Å². The number of nitrogens with one attached hydrogen (secondary N) is 1. The Morgan fingerprint density at radius 1 is 1.67 bits per heavy atom. The van der Waals surface area contributed by atoms with E-state index in [0.29, 0.717) is 13.0 Å². The summed E-state index contributed by atoms with van der Waals surface area (Å²) in [5.74, 6) is 0. The highest BCUT2D eigenvalue weighted by molar-refractivity contribution is 7.05. The first kappa shape index (κ1) is 6.61. The van der Waals surface area contributed by atoms with Crippen LogP contribution in [-0.4, -0.2) is 17.3 Å². The summed E-state index contributed by atoms with van der Waals surface area (Å²) in [4.78, 5) is 0. The standard InChI is InChI=1S/C5H9FN2S/c6-2-1-3-7-8-4-5-9-8/h4-5,7H,1-3H2. The van der Waals surface area contributed by atoms with Gasteiger partial charge in [0.2, 0.25) is 0 Å². The molecule has 0 aromatic carbocycles. The molecular formula is C5H9FN2S. The molecule has 0 saturated carbocycles. The van der Waals surface area contributed by atoms with Crippen LogP contribution in [0, 0.1) is 0 Å². The van der Waals surface area contributed by atoms with Gasteiger partial charge in [0.05, 0.1) is 6.67 Å². The summed E-state index contributed by atoms with van der Waals surface area (Å²) in [6.07, 6.45) is 2.49. The second-order valence-corrected chi connectivity index (χ2v) is 2.54. The molecule has 0 radical (unpaired) electrons. The smallest absolute Gasteiger partial charge is 0.0911 e. The van der Waals surface area contributed by atoms with Crippen molar-refractivity contribution in [2.75, 3.05) is 18.6 Å². The summed E-state index contributed by atoms with van der Waals surface area (Å²) in [6, 6.07) is 0. The number of hydrogen-bond donors (Lipinski definition) is 1. The van der Waals surface area contributed by atoms with Crippen molar-refractivity contribution in [3.8, 4) is 0 Å². The minimum Gasteiger partial charge on any atom is -0.317 e. The van der Waals surface area contributed by atoms with Crippen LogP contribution in [0.25, 0.3) is 0 Å². The Hall–Kier alpha value is -0.510. The molecule has 0 saturated heterocycles. The fourth-order valence-corrected chi connectivity index (χ4v) is 0.877. The number of alkyl halides is 1. The largest absolute Gasteiger partial charge is 0.317 e. The molecule has 1 rings (SSSR count). The van der Waals surface area contributed by atoms with E-state index in [2.05, 4.69) is 5.43 Å². The molecule has 0 spiro atoms. The van der Waals surface area contributed by atoms with Crippen molar-refractivity contribution in [1.82, 2.24) is 4.07 Å². The van der Waals surface area contributed by atoms with Gasteiger partial charge in [0, 0.05) is 18.1 Å². The Labute approximate surface area is 57.4 Å². The SMILES string of the molecule is FCCCNn1ccs1. The summed E-state index contributed by atoms with van der Waals surface area (Å²) in [6.45, 7) is 0.475. The van der Waals surface area contributed by atoms with Crippen LogP contribution in [0.2, 0.25) is 0 Å². The maximum atomic E-state index is 11.5. The van der Waals surface area contributed by atoms with Gasteiger partial charge in [-0.2, -0.15) is 0 Å². The lowest BCUT2D eigenvalue weighted by molar-refractivity contribution is 0.477. The first-order chi connectivity index (χ1) is 4.43. The number of halogens is 1. The minimum absolute atomic E-state index is 0.241. The van der Waals surface area contributed by atoms with E-state index in [0.717, 1.165) is 0 Å². The molecule has 9 heavy (non-hydrogen) atoms. The molecule has 0 aliphatic carbocycles. The van der Waals surface area contributed by atoms with E-state index >= 15 is 0 Å². The molecule has 0 bridgehead atoms. The van der Waals surface area contributed by atoms with Gasteiger partial charge >= 0.3 is 0 Å². The van der Waals surface area contributed by atoms with Crippen molar-refractivity contribution in [3.63, 3.8) is 0 Å². The predicted molar refractivity (Wildman–Crippen MR) is 37.1 cm³/mol. The van der Waals surface area contributed by atoms with E-state index in [4.69, 9.17) is 0 Å². The van der Waals surface area contributed by atoms with Crippen LogP contribution in [0.4, 0.5) is 4.39 Å². The highest BCUT2D eigenvalue weighted by atomic mass is 32.1. The van der Waals surface area contributed by atoms with Crippen molar-refractivity contribution in [2.24, 2.45) is 0 Å². The van der Waals surface area contributed by atoms with Gasteiger partial charge < -0.3 is 5.43 Å². The molecule has 0 fully saturated rings. The molecule has 0 aliphatic heterocycles. The summed E-state index contributed by atoms with van der Waals surface area (Å²) in [7, 11) is 0. The summed E-state index contributed by atoms with van der Waals surface area (Å²) >= 11 is 1.57. The summed E-state index contributed by atoms with van der Waals surface area (Å²) in [5.41, 5.74) is 2.99. The fraction of sp³-hybridized carbons (Fsp3) is 0.600. The minimum atomic E-state index is -0.241. The van der Waals surface area contributed by atoms with Crippen LogP contribution in [0.15, 0.2) is 11.6 Å². The van der Waals surface area contributed by atoms with E-state index in [-0.39, 0.29) is 6.67 Å². The van der Waals surface area contributed by atoms with E-state index in [9.17, 15) is 4.39 Å². The number of aromatic nitrogens is 1. The van der Waals surface area contributed by atoms with Crippen LogP contribution >= 0.6 is 11.5 Å². The molecule has 0 atom stereocenters. The summed E-state index contributed by atoms with van der Waals surface area (Å²) < 4.78 is 13.3. The zero-order valence-electron chi connectivity index (χ0n) is 5.01. The molecule has 1 N–H and O–H groups in total. The Kier molecular flexibility index (Phi) is 2.57. The monoisotopic (exact) mass is 148 g/mol. The molecule has 1 aromatic heterocycles. The van der Waals surface area contributed by atoms with Gasteiger partial charge in [0.1, 0.15) is 0 Å². The number of hydrogen-bond acceptors (Lipinski definition) is 2. The Morgan fingerprint density at radius 2 is 2.44 bits per heavy atom. The van der Waals surface area contributed by atoms with E-state index in [1.54, 1.807) is 11.5 Å². The van der Waals surface area contributed by atoms with Crippen LogP contribution < -0.4 is 5.43 Å². The first-order valence-corrected chi connectivity index (χ1v) is 3.69. The van der Waals surface area contributed by atoms with Gasteiger partial charge in [-0.05, 0) is 18.0 Å². The highest BCUT2D eigenvalue weighted by Crippen LogP contribution is 1.96. The Morgan fingerprint density at radius 3 is 2.89 bits per heavy atom. The van der Waals surface area contributed by atoms with Gasteiger partial charge in [0.25, 0.3) is 0 Å². The molecule has 0 unspecified atom stereocenters. The maximum absolute atomic E-state index is 11.5. The average molecular weight is 148 g/mol.